The van der Waals surface area contributed by atoms with Gasteiger partial charge in [-0.15, -0.1) is 0 Å². The second-order valence-electron chi connectivity index (χ2n) is 4.77. The second kappa shape index (κ2) is 7.13. The number of hydrogen-bond donors (Lipinski definition) is 2. The minimum atomic E-state index is -0.0423. The molecule has 8 heteroatoms. The van der Waals surface area contributed by atoms with E-state index in [-0.39, 0.29) is 17.3 Å². The third-order valence-electron chi connectivity index (χ3n) is 2.87. The number of nitrogen functional groups attached to an aromatic ring is 1. The van der Waals surface area contributed by atoms with E-state index < -0.39 is 0 Å². The van der Waals surface area contributed by atoms with Gasteiger partial charge in [-0.3, -0.25) is 0 Å². The first kappa shape index (κ1) is 16.1. The number of methoxy groups -OCH3 is 1. The molecule has 0 radical (unpaired) electrons. The van der Waals surface area contributed by atoms with E-state index >= 15 is 0 Å². The summed E-state index contributed by atoms with van der Waals surface area (Å²) in [6.45, 7) is 4.32. The summed E-state index contributed by atoms with van der Waals surface area (Å²) < 4.78 is 10.9. The first-order chi connectivity index (χ1) is 10.5. The average Bonchev–Trinajstić information content (AvgIpc) is 2.44. The maximum atomic E-state index is 5.78. The molecule has 0 aliphatic heterocycles. The van der Waals surface area contributed by atoms with E-state index in [9.17, 15) is 0 Å². The SMILES string of the molecule is COc1ccc(OCC(C)Nc2nc(N)nc(Cl)n2)c(C)c1. The number of halogens is 1. The Morgan fingerprint density at radius 1 is 1.32 bits per heavy atom. The first-order valence-electron chi connectivity index (χ1n) is 6.69. The van der Waals surface area contributed by atoms with Crippen molar-refractivity contribution in [3.63, 3.8) is 0 Å². The predicted octanol–water partition coefficient (Wildman–Crippen LogP) is 2.30. The Kier molecular flexibility index (Phi) is 5.21. The lowest BCUT2D eigenvalue weighted by molar-refractivity contribution is 0.301. The highest BCUT2D eigenvalue weighted by Crippen LogP contribution is 2.23. The molecule has 1 atom stereocenters. The summed E-state index contributed by atoms with van der Waals surface area (Å²) in [7, 11) is 1.63. The molecule has 0 fully saturated rings. The Morgan fingerprint density at radius 3 is 2.73 bits per heavy atom. The zero-order chi connectivity index (χ0) is 16.1. The monoisotopic (exact) mass is 323 g/mol. The summed E-state index contributed by atoms with van der Waals surface area (Å²) in [6.07, 6.45) is 0. The van der Waals surface area contributed by atoms with Gasteiger partial charge in [-0.2, -0.15) is 15.0 Å². The highest BCUT2D eigenvalue weighted by atomic mass is 35.5. The number of anilines is 2. The van der Waals surface area contributed by atoms with E-state index in [1.54, 1.807) is 7.11 Å². The van der Waals surface area contributed by atoms with Crippen molar-refractivity contribution < 1.29 is 9.47 Å². The van der Waals surface area contributed by atoms with Gasteiger partial charge in [0, 0.05) is 0 Å². The van der Waals surface area contributed by atoms with Crippen LogP contribution in [0.5, 0.6) is 11.5 Å². The fourth-order valence-electron chi connectivity index (χ4n) is 1.82. The molecule has 1 heterocycles. The summed E-state index contributed by atoms with van der Waals surface area (Å²) >= 11 is 5.73. The Labute approximate surface area is 133 Å². The molecule has 2 rings (SSSR count). The van der Waals surface area contributed by atoms with Crippen molar-refractivity contribution in [2.24, 2.45) is 0 Å². The zero-order valence-corrected chi connectivity index (χ0v) is 13.4. The second-order valence-corrected chi connectivity index (χ2v) is 5.11. The molecule has 0 spiro atoms. The minimum Gasteiger partial charge on any atom is -0.497 e. The van der Waals surface area contributed by atoms with Crippen LogP contribution < -0.4 is 20.5 Å². The molecular weight excluding hydrogens is 306 g/mol. The Bertz CT molecular complexity index is 633. The van der Waals surface area contributed by atoms with Gasteiger partial charge in [-0.05, 0) is 49.2 Å². The predicted molar refractivity (Wildman–Crippen MR) is 85.6 cm³/mol. The third kappa shape index (κ3) is 4.36. The molecule has 7 nitrogen and oxygen atoms in total. The summed E-state index contributed by atoms with van der Waals surface area (Å²) in [5, 5.41) is 3.11. The molecule has 2 aromatic rings. The maximum absolute atomic E-state index is 5.78. The van der Waals surface area contributed by atoms with Gasteiger partial charge >= 0.3 is 0 Å². The van der Waals surface area contributed by atoms with Crippen LogP contribution in [0.4, 0.5) is 11.9 Å². The van der Waals surface area contributed by atoms with Crippen molar-refractivity contribution in [1.82, 2.24) is 15.0 Å². The van der Waals surface area contributed by atoms with Crippen LogP contribution in [0.3, 0.4) is 0 Å². The van der Waals surface area contributed by atoms with Crippen LogP contribution >= 0.6 is 11.6 Å². The molecule has 0 aliphatic rings. The summed E-state index contributed by atoms with van der Waals surface area (Å²) in [5.74, 6) is 1.98. The summed E-state index contributed by atoms with van der Waals surface area (Å²) in [5.41, 5.74) is 6.52. The van der Waals surface area contributed by atoms with Gasteiger partial charge in [0.1, 0.15) is 18.1 Å². The molecule has 0 aliphatic carbocycles. The van der Waals surface area contributed by atoms with Gasteiger partial charge in [0.2, 0.25) is 17.2 Å². The quantitative estimate of drug-likeness (QED) is 0.842. The number of hydrogen-bond acceptors (Lipinski definition) is 7. The Hall–Kier alpha value is -2.28. The molecule has 1 aromatic heterocycles. The number of benzene rings is 1. The number of nitrogens with zero attached hydrogens (tertiary/aromatic N) is 3. The van der Waals surface area contributed by atoms with E-state index in [1.807, 2.05) is 32.0 Å². The molecule has 0 amide bonds. The standard InChI is InChI=1S/C14H18ClN5O2/c1-8-6-10(21-3)4-5-11(8)22-7-9(2)17-14-19-12(15)18-13(16)20-14/h4-6,9H,7H2,1-3H3,(H3,16,17,18,19,20). The third-order valence-corrected chi connectivity index (χ3v) is 3.04. The van der Waals surface area contributed by atoms with E-state index in [4.69, 9.17) is 26.8 Å². The molecule has 22 heavy (non-hydrogen) atoms. The van der Waals surface area contributed by atoms with Crippen LogP contribution in [0.1, 0.15) is 12.5 Å². The number of nitrogens with one attached hydrogen (secondary N) is 1. The van der Waals surface area contributed by atoms with Crippen LogP contribution in [0.15, 0.2) is 18.2 Å². The Morgan fingerprint density at radius 2 is 2.09 bits per heavy atom. The van der Waals surface area contributed by atoms with Crippen molar-refractivity contribution in [3.05, 3.63) is 29.0 Å². The van der Waals surface area contributed by atoms with Crippen LogP contribution in [-0.4, -0.2) is 34.7 Å². The first-order valence-corrected chi connectivity index (χ1v) is 7.06. The number of aryl methyl sites for hydroxylation is 1. The number of rotatable bonds is 6. The molecular formula is C14H18ClN5O2. The van der Waals surface area contributed by atoms with Crippen LogP contribution in [-0.2, 0) is 0 Å². The van der Waals surface area contributed by atoms with Gasteiger partial charge in [0.05, 0.1) is 13.2 Å². The molecule has 0 saturated heterocycles. The highest BCUT2D eigenvalue weighted by Gasteiger charge is 2.09. The largest absolute Gasteiger partial charge is 0.497 e. The molecule has 0 bridgehead atoms. The topological polar surface area (TPSA) is 95.2 Å². The van der Waals surface area contributed by atoms with Gasteiger partial charge < -0.3 is 20.5 Å². The van der Waals surface area contributed by atoms with Crippen molar-refractivity contribution in [1.29, 1.82) is 0 Å². The fourth-order valence-corrected chi connectivity index (χ4v) is 1.98. The van der Waals surface area contributed by atoms with E-state index in [1.165, 1.54) is 0 Å². The van der Waals surface area contributed by atoms with Crippen LogP contribution in [0.2, 0.25) is 5.28 Å². The van der Waals surface area contributed by atoms with E-state index in [2.05, 4.69) is 20.3 Å². The van der Waals surface area contributed by atoms with E-state index in [0.717, 1.165) is 17.1 Å². The highest BCUT2D eigenvalue weighted by molar-refractivity contribution is 6.28. The molecule has 118 valence electrons. The lowest BCUT2D eigenvalue weighted by Gasteiger charge is -2.16. The molecule has 0 saturated carbocycles. The van der Waals surface area contributed by atoms with Crippen LogP contribution in [0, 0.1) is 6.92 Å². The van der Waals surface area contributed by atoms with Gasteiger partial charge in [0.15, 0.2) is 0 Å². The van der Waals surface area contributed by atoms with E-state index in [0.29, 0.717) is 12.6 Å². The van der Waals surface area contributed by atoms with Crippen molar-refractivity contribution >= 4 is 23.5 Å². The lowest BCUT2D eigenvalue weighted by atomic mass is 10.2. The fraction of sp³-hybridized carbons (Fsp3) is 0.357. The number of ether oxygens (including phenoxy) is 2. The summed E-state index contributed by atoms with van der Waals surface area (Å²) in [4.78, 5) is 11.6. The van der Waals surface area contributed by atoms with Crippen molar-refractivity contribution in [2.75, 3.05) is 24.8 Å². The minimum absolute atomic E-state index is 0.0423. The lowest BCUT2D eigenvalue weighted by Crippen LogP contribution is -2.25. The normalized spacial score (nSPS) is 11.8. The van der Waals surface area contributed by atoms with Gasteiger partial charge in [-0.25, -0.2) is 0 Å². The zero-order valence-electron chi connectivity index (χ0n) is 12.6. The maximum Gasteiger partial charge on any atom is 0.229 e. The van der Waals surface area contributed by atoms with Crippen LogP contribution in [0.25, 0.3) is 0 Å². The van der Waals surface area contributed by atoms with Gasteiger partial charge in [-0.1, -0.05) is 0 Å². The molecule has 3 N–H and O–H groups in total. The Balaban J connectivity index is 1.93. The smallest absolute Gasteiger partial charge is 0.229 e. The number of nitrogens with two attached hydrogens (primary N) is 1. The van der Waals surface area contributed by atoms with Crippen molar-refractivity contribution in [2.45, 2.75) is 19.9 Å². The molecule has 1 aromatic carbocycles. The summed E-state index contributed by atoms with van der Waals surface area (Å²) in [6, 6.07) is 5.60. The van der Waals surface area contributed by atoms with Crippen molar-refractivity contribution in [3.8, 4) is 11.5 Å². The average molecular weight is 324 g/mol. The molecule has 1 unspecified atom stereocenters. The van der Waals surface area contributed by atoms with Gasteiger partial charge in [0.25, 0.3) is 0 Å². The number of aromatic nitrogens is 3.